The lowest BCUT2D eigenvalue weighted by molar-refractivity contribution is 0.0954. The standard InChI is InChI=1S/C23H32N6O/c1-3-25-23(27-13-12-26-22(30)20-10-7-11-24-15-20)28-21-14-18(2)29(17-21)16-19-8-5-4-6-9-19/h4-11,15,18,21H,3,12-14,16-17H2,1-2H3,(H,26,30)(H2,25,27,28). The molecule has 0 radical (unpaired) electrons. The fourth-order valence-electron chi connectivity index (χ4n) is 3.69. The van der Waals surface area contributed by atoms with E-state index < -0.39 is 0 Å². The number of aromatic nitrogens is 1. The van der Waals surface area contributed by atoms with E-state index in [4.69, 9.17) is 0 Å². The normalized spacial score (nSPS) is 19.5. The van der Waals surface area contributed by atoms with Crippen LogP contribution in [0.2, 0.25) is 0 Å². The molecule has 7 heteroatoms. The fraction of sp³-hybridized carbons (Fsp3) is 0.435. The lowest BCUT2D eigenvalue weighted by Gasteiger charge is -2.21. The molecule has 0 bridgehead atoms. The quantitative estimate of drug-likeness (QED) is 0.354. The van der Waals surface area contributed by atoms with Crippen LogP contribution in [-0.4, -0.2) is 60.0 Å². The molecule has 1 saturated heterocycles. The lowest BCUT2D eigenvalue weighted by atomic mass is 10.2. The molecule has 160 valence electrons. The summed E-state index contributed by atoms with van der Waals surface area (Å²) < 4.78 is 0. The number of carbonyl (C=O) groups excluding carboxylic acids is 1. The van der Waals surface area contributed by atoms with E-state index in [-0.39, 0.29) is 5.91 Å². The third kappa shape index (κ3) is 6.56. The van der Waals surface area contributed by atoms with Gasteiger partial charge in [0, 0.05) is 50.7 Å². The second-order valence-electron chi connectivity index (χ2n) is 7.60. The summed E-state index contributed by atoms with van der Waals surface area (Å²) in [4.78, 5) is 23.2. The van der Waals surface area contributed by atoms with Crippen molar-refractivity contribution in [1.82, 2.24) is 25.8 Å². The van der Waals surface area contributed by atoms with Crippen molar-refractivity contribution in [3.63, 3.8) is 0 Å². The van der Waals surface area contributed by atoms with E-state index in [0.717, 1.165) is 32.0 Å². The first-order chi connectivity index (χ1) is 14.7. The molecule has 1 fully saturated rings. The van der Waals surface area contributed by atoms with Crippen molar-refractivity contribution in [3.8, 4) is 0 Å². The highest BCUT2D eigenvalue weighted by molar-refractivity contribution is 5.93. The van der Waals surface area contributed by atoms with Crippen LogP contribution in [0.1, 0.15) is 36.2 Å². The van der Waals surface area contributed by atoms with Crippen LogP contribution in [-0.2, 0) is 6.54 Å². The molecule has 30 heavy (non-hydrogen) atoms. The summed E-state index contributed by atoms with van der Waals surface area (Å²) in [6.45, 7) is 8.07. The Morgan fingerprint density at radius 1 is 1.20 bits per heavy atom. The number of nitrogens with zero attached hydrogens (tertiary/aromatic N) is 3. The maximum Gasteiger partial charge on any atom is 0.252 e. The van der Waals surface area contributed by atoms with Crippen LogP contribution in [0.3, 0.4) is 0 Å². The minimum atomic E-state index is -0.127. The Morgan fingerprint density at radius 2 is 2.03 bits per heavy atom. The van der Waals surface area contributed by atoms with Gasteiger partial charge in [0.1, 0.15) is 0 Å². The number of hydrogen-bond donors (Lipinski definition) is 3. The van der Waals surface area contributed by atoms with Crippen molar-refractivity contribution in [2.75, 3.05) is 26.2 Å². The highest BCUT2D eigenvalue weighted by Crippen LogP contribution is 2.20. The van der Waals surface area contributed by atoms with Crippen molar-refractivity contribution >= 4 is 11.9 Å². The van der Waals surface area contributed by atoms with Crippen LogP contribution >= 0.6 is 0 Å². The number of aliphatic imine (C=N–C) groups is 1. The molecule has 2 unspecified atom stereocenters. The summed E-state index contributed by atoms with van der Waals surface area (Å²) >= 11 is 0. The smallest absolute Gasteiger partial charge is 0.252 e. The van der Waals surface area contributed by atoms with Crippen molar-refractivity contribution in [3.05, 3.63) is 66.0 Å². The molecule has 1 aromatic carbocycles. The van der Waals surface area contributed by atoms with Crippen LogP contribution in [0.4, 0.5) is 0 Å². The first-order valence-corrected chi connectivity index (χ1v) is 10.7. The zero-order valence-corrected chi connectivity index (χ0v) is 17.8. The van der Waals surface area contributed by atoms with Crippen molar-refractivity contribution in [2.45, 2.75) is 38.9 Å². The number of rotatable bonds is 8. The third-order valence-corrected chi connectivity index (χ3v) is 5.21. The largest absolute Gasteiger partial charge is 0.357 e. The number of pyridine rings is 1. The number of nitrogens with one attached hydrogen (secondary N) is 3. The molecular weight excluding hydrogens is 376 g/mol. The van der Waals surface area contributed by atoms with Gasteiger partial charge in [-0.05, 0) is 38.0 Å². The Hall–Kier alpha value is -2.93. The summed E-state index contributed by atoms with van der Waals surface area (Å²) in [7, 11) is 0. The second-order valence-corrected chi connectivity index (χ2v) is 7.60. The molecular formula is C23H32N6O. The number of benzene rings is 1. The zero-order valence-electron chi connectivity index (χ0n) is 17.8. The maximum absolute atomic E-state index is 12.1. The maximum atomic E-state index is 12.1. The lowest BCUT2D eigenvalue weighted by Crippen LogP contribution is -2.45. The first-order valence-electron chi connectivity index (χ1n) is 10.7. The average molecular weight is 409 g/mol. The van der Waals surface area contributed by atoms with E-state index in [9.17, 15) is 4.79 Å². The van der Waals surface area contributed by atoms with Crippen molar-refractivity contribution in [1.29, 1.82) is 0 Å². The van der Waals surface area contributed by atoms with Gasteiger partial charge < -0.3 is 16.0 Å². The first kappa shape index (κ1) is 21.8. The summed E-state index contributed by atoms with van der Waals surface area (Å²) in [5, 5.41) is 9.75. The Kier molecular flexibility index (Phi) is 8.20. The Labute approximate surface area is 179 Å². The molecule has 3 N–H and O–H groups in total. The summed E-state index contributed by atoms with van der Waals surface area (Å²) in [6.07, 6.45) is 4.29. The minimum absolute atomic E-state index is 0.127. The van der Waals surface area contributed by atoms with Gasteiger partial charge in [-0.15, -0.1) is 0 Å². The Bertz CT molecular complexity index is 811. The van der Waals surface area contributed by atoms with Crippen LogP contribution in [0.5, 0.6) is 0 Å². The van der Waals surface area contributed by atoms with Gasteiger partial charge in [-0.25, -0.2) is 0 Å². The number of hydrogen-bond acceptors (Lipinski definition) is 4. The van der Waals surface area contributed by atoms with Crippen LogP contribution in [0.25, 0.3) is 0 Å². The molecule has 2 atom stereocenters. The summed E-state index contributed by atoms with van der Waals surface area (Å²) in [5.74, 6) is 0.671. The molecule has 1 aliphatic heterocycles. The third-order valence-electron chi connectivity index (χ3n) is 5.21. The minimum Gasteiger partial charge on any atom is -0.357 e. The molecule has 7 nitrogen and oxygen atoms in total. The predicted molar refractivity (Wildman–Crippen MR) is 120 cm³/mol. The van der Waals surface area contributed by atoms with Gasteiger partial charge in [0.25, 0.3) is 5.91 Å². The van der Waals surface area contributed by atoms with Crippen LogP contribution < -0.4 is 16.0 Å². The zero-order chi connectivity index (χ0) is 21.2. The molecule has 1 aromatic heterocycles. The number of carbonyl (C=O) groups is 1. The van der Waals surface area contributed by atoms with Gasteiger partial charge in [0.05, 0.1) is 12.1 Å². The Morgan fingerprint density at radius 3 is 2.77 bits per heavy atom. The SMILES string of the molecule is CCNC(=NCCNC(=O)c1cccnc1)NC1CC(C)N(Cc2ccccc2)C1. The van der Waals surface area contributed by atoms with E-state index in [1.807, 2.05) is 0 Å². The fourth-order valence-corrected chi connectivity index (χ4v) is 3.69. The number of guanidine groups is 1. The average Bonchev–Trinajstić information content (AvgIpc) is 3.11. The molecule has 1 amide bonds. The summed E-state index contributed by atoms with van der Waals surface area (Å²) in [5.41, 5.74) is 1.90. The van der Waals surface area contributed by atoms with E-state index in [1.165, 1.54) is 5.56 Å². The van der Waals surface area contributed by atoms with Crippen molar-refractivity contribution in [2.24, 2.45) is 4.99 Å². The molecule has 0 aliphatic carbocycles. The van der Waals surface area contributed by atoms with Gasteiger partial charge in [-0.3, -0.25) is 19.7 Å². The van der Waals surface area contributed by atoms with Gasteiger partial charge in [0.2, 0.25) is 0 Å². The predicted octanol–water partition coefficient (Wildman–Crippen LogP) is 2.03. The molecule has 1 aliphatic rings. The Balaban J connectivity index is 1.47. The number of likely N-dealkylation sites (tertiary alicyclic amines) is 1. The van der Waals surface area contributed by atoms with Gasteiger partial charge in [-0.1, -0.05) is 30.3 Å². The van der Waals surface area contributed by atoms with E-state index in [2.05, 4.69) is 75.0 Å². The second kappa shape index (κ2) is 11.3. The molecule has 2 heterocycles. The van der Waals surface area contributed by atoms with Gasteiger partial charge in [-0.2, -0.15) is 0 Å². The van der Waals surface area contributed by atoms with Crippen LogP contribution in [0, 0.1) is 0 Å². The van der Waals surface area contributed by atoms with Gasteiger partial charge in [0.15, 0.2) is 5.96 Å². The van der Waals surface area contributed by atoms with Gasteiger partial charge >= 0.3 is 0 Å². The van der Waals surface area contributed by atoms with Crippen LogP contribution in [0.15, 0.2) is 59.9 Å². The topological polar surface area (TPSA) is 81.6 Å². The molecule has 3 rings (SSSR count). The monoisotopic (exact) mass is 408 g/mol. The highest BCUT2D eigenvalue weighted by atomic mass is 16.1. The molecule has 0 saturated carbocycles. The highest BCUT2D eigenvalue weighted by Gasteiger charge is 2.29. The summed E-state index contributed by atoms with van der Waals surface area (Å²) in [6, 6.07) is 15.0. The number of amides is 1. The van der Waals surface area contributed by atoms with E-state index >= 15 is 0 Å². The molecule has 0 spiro atoms. The molecule has 2 aromatic rings. The van der Waals surface area contributed by atoms with Crippen molar-refractivity contribution < 1.29 is 4.79 Å². The van der Waals surface area contributed by atoms with E-state index in [1.54, 1.807) is 24.5 Å². The van der Waals surface area contributed by atoms with E-state index in [0.29, 0.717) is 30.7 Å².